The molecule has 0 amide bonds. The molecule has 23 heavy (non-hydrogen) atoms. The second-order valence-corrected chi connectivity index (χ2v) is 6.57. The third-order valence-electron chi connectivity index (χ3n) is 4.69. The standard InChI is InChI=1S/C17H26N6/c1-13-8-17(19-12-18-13)22(4)16-6-5-7-23(11-16)10-15-9-21(3)20-14(15)2/h8-9,12,16H,5-7,10-11H2,1-4H3. The fraction of sp³-hybridized carbons (Fsp3) is 0.588. The molecule has 1 saturated heterocycles. The Morgan fingerprint density at radius 2 is 2.13 bits per heavy atom. The van der Waals surface area contributed by atoms with E-state index in [0.717, 1.165) is 36.8 Å². The van der Waals surface area contributed by atoms with Gasteiger partial charge in [0.25, 0.3) is 0 Å². The van der Waals surface area contributed by atoms with Crippen LogP contribution >= 0.6 is 0 Å². The largest absolute Gasteiger partial charge is 0.355 e. The Bertz CT molecular complexity index is 665. The SMILES string of the molecule is Cc1cc(N(C)C2CCCN(Cc3cn(C)nc3C)C2)ncn1. The van der Waals surface area contributed by atoms with Crippen LogP contribution in [0.1, 0.15) is 29.8 Å². The van der Waals surface area contributed by atoms with Crippen molar-refractivity contribution in [2.24, 2.45) is 7.05 Å². The first-order valence-electron chi connectivity index (χ1n) is 8.26. The molecule has 0 spiro atoms. The zero-order valence-corrected chi connectivity index (χ0v) is 14.5. The number of aryl methyl sites for hydroxylation is 3. The van der Waals surface area contributed by atoms with Crippen molar-refractivity contribution < 1.29 is 0 Å². The normalized spacial score (nSPS) is 19.0. The lowest BCUT2D eigenvalue weighted by Gasteiger charge is -2.38. The minimum atomic E-state index is 0.495. The lowest BCUT2D eigenvalue weighted by molar-refractivity contribution is 0.198. The second kappa shape index (κ2) is 6.66. The molecule has 1 unspecified atom stereocenters. The van der Waals surface area contributed by atoms with Crippen molar-refractivity contribution in [2.45, 2.75) is 39.3 Å². The van der Waals surface area contributed by atoms with E-state index in [1.807, 2.05) is 18.7 Å². The maximum absolute atomic E-state index is 4.45. The Balaban J connectivity index is 1.67. The van der Waals surface area contributed by atoms with E-state index in [4.69, 9.17) is 0 Å². The lowest BCUT2D eigenvalue weighted by atomic mass is 10.0. The van der Waals surface area contributed by atoms with Crippen LogP contribution < -0.4 is 4.90 Å². The number of hydrogen-bond donors (Lipinski definition) is 0. The van der Waals surface area contributed by atoms with Gasteiger partial charge < -0.3 is 4.90 Å². The van der Waals surface area contributed by atoms with Gasteiger partial charge >= 0.3 is 0 Å². The van der Waals surface area contributed by atoms with Crippen LogP contribution in [0.3, 0.4) is 0 Å². The summed E-state index contributed by atoms with van der Waals surface area (Å²) < 4.78 is 1.90. The number of piperidine rings is 1. The van der Waals surface area contributed by atoms with Gasteiger partial charge in [0.1, 0.15) is 12.1 Å². The van der Waals surface area contributed by atoms with E-state index in [9.17, 15) is 0 Å². The molecule has 0 saturated carbocycles. The molecular formula is C17H26N6. The molecule has 2 aromatic heterocycles. The molecule has 3 heterocycles. The van der Waals surface area contributed by atoms with Gasteiger partial charge in [-0.2, -0.15) is 5.10 Å². The highest BCUT2D eigenvalue weighted by Crippen LogP contribution is 2.21. The van der Waals surface area contributed by atoms with E-state index in [1.165, 1.54) is 18.4 Å². The molecule has 6 nitrogen and oxygen atoms in total. The number of likely N-dealkylation sites (tertiary alicyclic amines) is 1. The first kappa shape index (κ1) is 15.9. The average molecular weight is 314 g/mol. The molecular weight excluding hydrogens is 288 g/mol. The number of rotatable bonds is 4. The maximum Gasteiger partial charge on any atom is 0.132 e. The van der Waals surface area contributed by atoms with Crippen molar-refractivity contribution >= 4 is 5.82 Å². The molecule has 1 atom stereocenters. The van der Waals surface area contributed by atoms with Crippen LogP contribution in [0.25, 0.3) is 0 Å². The van der Waals surface area contributed by atoms with Gasteiger partial charge in [0, 0.05) is 56.7 Å². The van der Waals surface area contributed by atoms with Crippen LogP contribution in [0.15, 0.2) is 18.6 Å². The topological polar surface area (TPSA) is 50.1 Å². The molecule has 1 aliphatic rings. The predicted molar refractivity (Wildman–Crippen MR) is 91.4 cm³/mol. The van der Waals surface area contributed by atoms with E-state index in [2.05, 4.69) is 51.1 Å². The van der Waals surface area contributed by atoms with E-state index in [-0.39, 0.29) is 0 Å². The Morgan fingerprint density at radius 1 is 1.30 bits per heavy atom. The third-order valence-corrected chi connectivity index (χ3v) is 4.69. The Morgan fingerprint density at radius 3 is 2.83 bits per heavy atom. The van der Waals surface area contributed by atoms with Crippen LogP contribution in [0.2, 0.25) is 0 Å². The summed E-state index contributed by atoms with van der Waals surface area (Å²) in [5, 5.41) is 4.45. The Kier molecular flexibility index (Phi) is 4.61. The molecule has 0 radical (unpaired) electrons. The highest BCUT2D eigenvalue weighted by Gasteiger charge is 2.24. The quantitative estimate of drug-likeness (QED) is 0.863. The summed E-state index contributed by atoms with van der Waals surface area (Å²) in [5.41, 5.74) is 3.48. The van der Waals surface area contributed by atoms with E-state index in [1.54, 1.807) is 6.33 Å². The van der Waals surface area contributed by atoms with Crippen LogP contribution in [0.5, 0.6) is 0 Å². The van der Waals surface area contributed by atoms with Gasteiger partial charge in [-0.15, -0.1) is 0 Å². The third kappa shape index (κ3) is 3.69. The van der Waals surface area contributed by atoms with Crippen molar-refractivity contribution in [3.8, 4) is 0 Å². The van der Waals surface area contributed by atoms with Crippen molar-refractivity contribution in [3.05, 3.63) is 35.5 Å². The first-order chi connectivity index (χ1) is 11.0. The second-order valence-electron chi connectivity index (χ2n) is 6.57. The fourth-order valence-corrected chi connectivity index (χ4v) is 3.36. The number of likely N-dealkylation sites (N-methyl/N-ethyl adjacent to an activating group) is 1. The summed E-state index contributed by atoms with van der Waals surface area (Å²) in [6.45, 7) is 7.30. The summed E-state index contributed by atoms with van der Waals surface area (Å²) in [4.78, 5) is 13.4. The van der Waals surface area contributed by atoms with Crippen molar-refractivity contribution in [3.63, 3.8) is 0 Å². The molecule has 1 fully saturated rings. The molecule has 0 N–H and O–H groups in total. The van der Waals surface area contributed by atoms with Gasteiger partial charge in [-0.25, -0.2) is 9.97 Å². The van der Waals surface area contributed by atoms with Gasteiger partial charge in [0.2, 0.25) is 0 Å². The number of nitrogens with zero attached hydrogens (tertiary/aromatic N) is 6. The first-order valence-corrected chi connectivity index (χ1v) is 8.26. The smallest absolute Gasteiger partial charge is 0.132 e. The van der Waals surface area contributed by atoms with Gasteiger partial charge in [-0.3, -0.25) is 9.58 Å². The van der Waals surface area contributed by atoms with Gasteiger partial charge in [0.15, 0.2) is 0 Å². The number of hydrogen-bond acceptors (Lipinski definition) is 5. The molecule has 0 aromatic carbocycles. The number of aromatic nitrogens is 4. The maximum atomic E-state index is 4.45. The van der Waals surface area contributed by atoms with Crippen LogP contribution in [-0.2, 0) is 13.6 Å². The lowest BCUT2D eigenvalue weighted by Crippen LogP contribution is -2.46. The summed E-state index contributed by atoms with van der Waals surface area (Å²) in [6.07, 6.45) is 6.22. The van der Waals surface area contributed by atoms with E-state index >= 15 is 0 Å². The van der Waals surface area contributed by atoms with E-state index < -0.39 is 0 Å². The molecule has 0 bridgehead atoms. The summed E-state index contributed by atoms with van der Waals surface area (Å²) in [6, 6.07) is 2.56. The predicted octanol–water partition coefficient (Wildman–Crippen LogP) is 1.93. The molecule has 1 aliphatic heterocycles. The van der Waals surface area contributed by atoms with Gasteiger partial charge in [0.05, 0.1) is 5.69 Å². The summed E-state index contributed by atoms with van der Waals surface area (Å²) >= 11 is 0. The highest BCUT2D eigenvalue weighted by atomic mass is 15.3. The molecule has 3 rings (SSSR count). The van der Waals surface area contributed by atoms with Crippen molar-refractivity contribution in [1.82, 2.24) is 24.6 Å². The molecule has 6 heteroatoms. The number of anilines is 1. The van der Waals surface area contributed by atoms with Crippen LogP contribution in [-0.4, -0.2) is 50.8 Å². The minimum absolute atomic E-state index is 0.495. The fourth-order valence-electron chi connectivity index (χ4n) is 3.36. The summed E-state index contributed by atoms with van der Waals surface area (Å²) in [7, 11) is 4.13. The zero-order valence-electron chi connectivity index (χ0n) is 14.5. The van der Waals surface area contributed by atoms with Crippen molar-refractivity contribution in [2.75, 3.05) is 25.0 Å². The minimum Gasteiger partial charge on any atom is -0.355 e. The summed E-state index contributed by atoms with van der Waals surface area (Å²) in [5.74, 6) is 1.02. The average Bonchev–Trinajstić information content (AvgIpc) is 2.84. The zero-order chi connectivity index (χ0) is 16.4. The van der Waals surface area contributed by atoms with Crippen molar-refractivity contribution in [1.29, 1.82) is 0 Å². The molecule has 2 aromatic rings. The van der Waals surface area contributed by atoms with Crippen LogP contribution in [0, 0.1) is 13.8 Å². The Hall–Kier alpha value is -1.95. The van der Waals surface area contributed by atoms with Crippen LogP contribution in [0.4, 0.5) is 5.82 Å². The monoisotopic (exact) mass is 314 g/mol. The van der Waals surface area contributed by atoms with E-state index in [0.29, 0.717) is 6.04 Å². The highest BCUT2D eigenvalue weighted by molar-refractivity contribution is 5.39. The molecule has 0 aliphatic carbocycles. The Labute approximate surface area is 138 Å². The van der Waals surface area contributed by atoms with Gasteiger partial charge in [-0.05, 0) is 33.2 Å². The van der Waals surface area contributed by atoms with Gasteiger partial charge in [-0.1, -0.05) is 0 Å². The molecule has 124 valence electrons.